The monoisotopic (exact) mass is 259 g/mol. The molecule has 1 atom stereocenters. The Morgan fingerprint density at radius 3 is 2.58 bits per heavy atom. The Hall–Kier alpha value is -1.64. The Labute approximate surface area is 114 Å². The number of nitrogens with zero attached hydrogens (tertiary/aromatic N) is 1. The third-order valence-corrected chi connectivity index (χ3v) is 3.88. The lowest BCUT2D eigenvalue weighted by molar-refractivity contribution is -0.121. The second kappa shape index (κ2) is 6.00. The zero-order valence-corrected chi connectivity index (χ0v) is 11.7. The number of Topliss-reactive ketones (excluding diaryl/α,β-unsaturated/α-hetero) is 1. The molecular weight excluding hydrogens is 238 g/mol. The average Bonchev–Trinajstić information content (AvgIpc) is 2.46. The van der Waals surface area contributed by atoms with E-state index in [1.54, 1.807) is 4.90 Å². The van der Waals surface area contributed by atoms with Gasteiger partial charge in [0.2, 0.25) is 0 Å². The van der Waals surface area contributed by atoms with Crippen LogP contribution < -0.4 is 0 Å². The highest BCUT2D eigenvalue weighted by Crippen LogP contribution is 2.20. The largest absolute Gasteiger partial charge is 0.331 e. The molecule has 0 aliphatic carbocycles. The maximum atomic E-state index is 12.3. The highest BCUT2D eigenvalue weighted by molar-refractivity contribution is 5.97. The van der Waals surface area contributed by atoms with Gasteiger partial charge in [-0.25, -0.2) is 0 Å². The lowest BCUT2D eigenvalue weighted by Crippen LogP contribution is -2.40. The molecule has 0 spiro atoms. The number of carbonyl (C=O) groups excluding carboxylic acids is 2. The summed E-state index contributed by atoms with van der Waals surface area (Å²) in [5.41, 5.74) is 1.94. The second-order valence-electron chi connectivity index (χ2n) is 5.30. The first kappa shape index (κ1) is 13.8. The van der Waals surface area contributed by atoms with E-state index in [1.165, 1.54) is 5.56 Å². The minimum Gasteiger partial charge on any atom is -0.331 e. The number of carbonyl (C=O) groups is 2. The van der Waals surface area contributed by atoms with E-state index in [-0.39, 0.29) is 18.2 Å². The van der Waals surface area contributed by atoms with Gasteiger partial charge in [-0.1, -0.05) is 26.0 Å². The lowest BCUT2D eigenvalue weighted by atomic mass is 9.97. The Bertz CT molecular complexity index is 464. The van der Waals surface area contributed by atoms with E-state index < -0.39 is 0 Å². The average molecular weight is 259 g/mol. The molecule has 1 unspecified atom stereocenters. The van der Waals surface area contributed by atoms with Gasteiger partial charge < -0.3 is 4.90 Å². The summed E-state index contributed by atoms with van der Waals surface area (Å²) in [5, 5.41) is 0. The Morgan fingerprint density at radius 1 is 1.32 bits per heavy atom. The topological polar surface area (TPSA) is 37.4 Å². The smallest absolute Gasteiger partial charge is 0.254 e. The molecule has 3 heteroatoms. The lowest BCUT2D eigenvalue weighted by Gasteiger charge is -2.26. The molecule has 0 N–H and O–H groups in total. The molecule has 1 aromatic rings. The van der Waals surface area contributed by atoms with Gasteiger partial charge in [0.25, 0.3) is 5.91 Å². The first-order chi connectivity index (χ1) is 9.11. The molecule has 0 bridgehead atoms. The van der Waals surface area contributed by atoms with Crippen LogP contribution in [0.25, 0.3) is 0 Å². The summed E-state index contributed by atoms with van der Waals surface area (Å²) in [7, 11) is 0. The van der Waals surface area contributed by atoms with Crippen LogP contribution in [-0.2, 0) is 4.79 Å². The third-order valence-electron chi connectivity index (χ3n) is 3.88. The van der Waals surface area contributed by atoms with Crippen LogP contribution in [0.2, 0.25) is 0 Å². The molecule has 2 rings (SSSR count). The molecule has 3 nitrogen and oxygen atoms in total. The van der Waals surface area contributed by atoms with E-state index >= 15 is 0 Å². The highest BCUT2D eigenvalue weighted by Gasteiger charge is 2.22. The fourth-order valence-electron chi connectivity index (χ4n) is 2.38. The van der Waals surface area contributed by atoms with Crippen molar-refractivity contribution in [2.24, 2.45) is 0 Å². The molecule has 1 aliphatic heterocycles. The molecule has 1 saturated heterocycles. The van der Waals surface area contributed by atoms with Crippen LogP contribution in [0.5, 0.6) is 0 Å². The van der Waals surface area contributed by atoms with Gasteiger partial charge in [-0.3, -0.25) is 9.59 Å². The maximum absolute atomic E-state index is 12.3. The van der Waals surface area contributed by atoms with Gasteiger partial charge in [0.1, 0.15) is 0 Å². The SMILES string of the molecule is CCC(C)c1ccc(C(=O)N2CCCC(=O)C2)cc1. The van der Waals surface area contributed by atoms with Crippen LogP contribution in [-0.4, -0.2) is 29.7 Å². The minimum atomic E-state index is -0.0243. The predicted molar refractivity (Wildman–Crippen MR) is 75.3 cm³/mol. The van der Waals surface area contributed by atoms with Crippen molar-refractivity contribution in [3.8, 4) is 0 Å². The normalized spacial score (nSPS) is 17.4. The highest BCUT2D eigenvalue weighted by atomic mass is 16.2. The summed E-state index contributed by atoms with van der Waals surface area (Å²) in [6.45, 7) is 5.30. The number of piperidine rings is 1. The summed E-state index contributed by atoms with van der Waals surface area (Å²) in [4.78, 5) is 25.3. The number of ketones is 1. The molecule has 102 valence electrons. The first-order valence-electron chi connectivity index (χ1n) is 7.02. The van der Waals surface area contributed by atoms with Gasteiger partial charge >= 0.3 is 0 Å². The van der Waals surface area contributed by atoms with E-state index in [1.807, 2.05) is 24.3 Å². The molecule has 0 aromatic heterocycles. The first-order valence-corrected chi connectivity index (χ1v) is 7.02. The van der Waals surface area contributed by atoms with Gasteiger partial charge in [0, 0.05) is 18.5 Å². The summed E-state index contributed by atoms with van der Waals surface area (Å²) in [6.07, 6.45) is 2.49. The van der Waals surface area contributed by atoms with Crippen molar-refractivity contribution < 1.29 is 9.59 Å². The van der Waals surface area contributed by atoms with Crippen LogP contribution in [0.4, 0.5) is 0 Å². The number of amides is 1. The van der Waals surface area contributed by atoms with Crippen LogP contribution in [0.1, 0.15) is 54.9 Å². The molecule has 1 aromatic carbocycles. The standard InChI is InChI=1S/C16H21NO2/c1-3-12(2)13-6-8-14(9-7-13)16(19)17-10-4-5-15(18)11-17/h6-9,12H,3-5,10-11H2,1-2H3. The summed E-state index contributed by atoms with van der Waals surface area (Å²) < 4.78 is 0. The number of hydrogen-bond acceptors (Lipinski definition) is 2. The van der Waals surface area contributed by atoms with E-state index in [0.717, 1.165) is 12.8 Å². The van der Waals surface area contributed by atoms with Crippen molar-refractivity contribution in [3.63, 3.8) is 0 Å². The molecule has 0 saturated carbocycles. The van der Waals surface area contributed by atoms with Gasteiger partial charge in [-0.15, -0.1) is 0 Å². The van der Waals surface area contributed by atoms with Crippen molar-refractivity contribution in [1.29, 1.82) is 0 Å². The molecule has 1 heterocycles. The van der Waals surface area contributed by atoms with Crippen molar-refractivity contribution in [2.75, 3.05) is 13.1 Å². The molecule has 19 heavy (non-hydrogen) atoms. The fourth-order valence-corrected chi connectivity index (χ4v) is 2.38. The van der Waals surface area contributed by atoms with Crippen molar-refractivity contribution in [2.45, 2.75) is 39.0 Å². The van der Waals surface area contributed by atoms with Gasteiger partial charge in [-0.2, -0.15) is 0 Å². The van der Waals surface area contributed by atoms with Crippen LogP contribution >= 0.6 is 0 Å². The van der Waals surface area contributed by atoms with Gasteiger partial charge in [-0.05, 0) is 36.5 Å². The predicted octanol–water partition coefficient (Wildman–Crippen LogP) is 3.01. The summed E-state index contributed by atoms with van der Waals surface area (Å²) in [5.74, 6) is 0.653. The van der Waals surface area contributed by atoms with Gasteiger partial charge in [0.15, 0.2) is 5.78 Å². The molecule has 1 aliphatic rings. The fraction of sp³-hybridized carbons (Fsp3) is 0.500. The van der Waals surface area contributed by atoms with Crippen LogP contribution in [0.3, 0.4) is 0 Å². The molecule has 0 radical (unpaired) electrons. The maximum Gasteiger partial charge on any atom is 0.254 e. The minimum absolute atomic E-state index is 0.0243. The van der Waals surface area contributed by atoms with Gasteiger partial charge in [0.05, 0.1) is 6.54 Å². The van der Waals surface area contributed by atoms with Crippen molar-refractivity contribution >= 4 is 11.7 Å². The van der Waals surface area contributed by atoms with Crippen LogP contribution in [0, 0.1) is 0 Å². The van der Waals surface area contributed by atoms with E-state index in [0.29, 0.717) is 24.4 Å². The molecule has 1 amide bonds. The summed E-state index contributed by atoms with van der Waals surface area (Å²) in [6, 6.07) is 7.80. The Morgan fingerprint density at radius 2 is 2.00 bits per heavy atom. The van der Waals surface area contributed by atoms with E-state index in [9.17, 15) is 9.59 Å². The number of rotatable bonds is 3. The zero-order chi connectivity index (χ0) is 13.8. The molecular formula is C16H21NO2. The van der Waals surface area contributed by atoms with Crippen LogP contribution in [0.15, 0.2) is 24.3 Å². The van der Waals surface area contributed by atoms with Crippen molar-refractivity contribution in [3.05, 3.63) is 35.4 Å². The number of hydrogen-bond donors (Lipinski definition) is 0. The second-order valence-corrected chi connectivity index (χ2v) is 5.30. The molecule has 1 fully saturated rings. The van der Waals surface area contributed by atoms with E-state index in [2.05, 4.69) is 13.8 Å². The zero-order valence-electron chi connectivity index (χ0n) is 11.7. The number of likely N-dealkylation sites (tertiary alicyclic amines) is 1. The Balaban J connectivity index is 2.09. The third kappa shape index (κ3) is 3.22. The quantitative estimate of drug-likeness (QED) is 0.836. The Kier molecular flexibility index (Phi) is 4.35. The summed E-state index contributed by atoms with van der Waals surface area (Å²) >= 11 is 0. The van der Waals surface area contributed by atoms with E-state index in [4.69, 9.17) is 0 Å². The van der Waals surface area contributed by atoms with Crippen molar-refractivity contribution in [1.82, 2.24) is 4.90 Å². The number of benzene rings is 1.